The van der Waals surface area contributed by atoms with Crippen molar-refractivity contribution in [1.82, 2.24) is 5.32 Å². The van der Waals surface area contributed by atoms with E-state index in [1.807, 2.05) is 30.3 Å². The Kier molecular flexibility index (Phi) is 4.99. The Balaban J connectivity index is 1.92. The molecule has 0 radical (unpaired) electrons. The molecule has 0 saturated carbocycles. The number of hydrogen-bond acceptors (Lipinski definition) is 2. The minimum Gasteiger partial charge on any atom is -0.489 e. The van der Waals surface area contributed by atoms with Crippen LogP contribution in [-0.2, 0) is 6.61 Å². The molecule has 0 aliphatic carbocycles. The topological polar surface area (TPSA) is 21.3 Å². The SMILES string of the molecule is CCNC(C)c1ccc(OCc2ccccc2)cc1. The summed E-state index contributed by atoms with van der Waals surface area (Å²) in [6.45, 7) is 5.88. The maximum atomic E-state index is 5.77. The van der Waals surface area contributed by atoms with E-state index in [-0.39, 0.29) is 0 Å². The molecule has 2 nitrogen and oxygen atoms in total. The fourth-order valence-corrected chi connectivity index (χ4v) is 2.02. The molecule has 0 bridgehead atoms. The van der Waals surface area contributed by atoms with Gasteiger partial charge in [-0.15, -0.1) is 0 Å². The summed E-state index contributed by atoms with van der Waals surface area (Å²) < 4.78 is 5.77. The molecule has 0 spiro atoms. The van der Waals surface area contributed by atoms with Gasteiger partial charge in [0.25, 0.3) is 0 Å². The van der Waals surface area contributed by atoms with Crippen molar-refractivity contribution in [2.75, 3.05) is 6.54 Å². The van der Waals surface area contributed by atoms with Crippen LogP contribution in [0.4, 0.5) is 0 Å². The Hall–Kier alpha value is -1.80. The molecule has 2 aromatic carbocycles. The predicted molar refractivity (Wildman–Crippen MR) is 79.3 cm³/mol. The molecule has 0 aromatic heterocycles. The Labute approximate surface area is 115 Å². The van der Waals surface area contributed by atoms with Crippen LogP contribution in [0.2, 0.25) is 0 Å². The Morgan fingerprint density at radius 1 is 1.00 bits per heavy atom. The summed E-state index contributed by atoms with van der Waals surface area (Å²) in [4.78, 5) is 0. The van der Waals surface area contributed by atoms with Crippen molar-refractivity contribution in [2.45, 2.75) is 26.5 Å². The number of rotatable bonds is 6. The quantitative estimate of drug-likeness (QED) is 0.844. The fraction of sp³-hybridized carbons (Fsp3) is 0.294. The van der Waals surface area contributed by atoms with Crippen LogP contribution in [0, 0.1) is 0 Å². The van der Waals surface area contributed by atoms with Gasteiger partial charge in [-0.05, 0) is 36.7 Å². The summed E-state index contributed by atoms with van der Waals surface area (Å²) in [7, 11) is 0. The second-order valence-electron chi connectivity index (χ2n) is 4.62. The molecule has 2 aromatic rings. The third-order valence-corrected chi connectivity index (χ3v) is 3.14. The van der Waals surface area contributed by atoms with Crippen LogP contribution in [0.3, 0.4) is 0 Å². The molecule has 0 amide bonds. The van der Waals surface area contributed by atoms with Gasteiger partial charge in [-0.3, -0.25) is 0 Å². The van der Waals surface area contributed by atoms with Crippen LogP contribution in [0.25, 0.3) is 0 Å². The molecule has 1 atom stereocenters. The monoisotopic (exact) mass is 255 g/mol. The van der Waals surface area contributed by atoms with Crippen LogP contribution in [0.1, 0.15) is 31.0 Å². The smallest absolute Gasteiger partial charge is 0.119 e. The van der Waals surface area contributed by atoms with Crippen molar-refractivity contribution in [3.63, 3.8) is 0 Å². The van der Waals surface area contributed by atoms with E-state index in [9.17, 15) is 0 Å². The highest BCUT2D eigenvalue weighted by molar-refractivity contribution is 5.29. The van der Waals surface area contributed by atoms with Gasteiger partial charge in [0, 0.05) is 6.04 Å². The van der Waals surface area contributed by atoms with Gasteiger partial charge in [0.15, 0.2) is 0 Å². The summed E-state index contributed by atoms with van der Waals surface area (Å²) in [6.07, 6.45) is 0. The molecule has 19 heavy (non-hydrogen) atoms. The van der Waals surface area contributed by atoms with Gasteiger partial charge in [-0.2, -0.15) is 0 Å². The molecular weight excluding hydrogens is 234 g/mol. The van der Waals surface area contributed by atoms with Crippen LogP contribution < -0.4 is 10.1 Å². The Morgan fingerprint density at radius 3 is 2.32 bits per heavy atom. The third-order valence-electron chi connectivity index (χ3n) is 3.14. The Morgan fingerprint density at radius 2 is 1.68 bits per heavy atom. The van der Waals surface area contributed by atoms with Crippen molar-refractivity contribution in [2.24, 2.45) is 0 Å². The number of nitrogens with one attached hydrogen (secondary N) is 1. The second kappa shape index (κ2) is 6.95. The van der Waals surface area contributed by atoms with E-state index < -0.39 is 0 Å². The standard InChI is InChI=1S/C17H21NO/c1-3-18-14(2)16-9-11-17(12-10-16)19-13-15-7-5-4-6-8-15/h4-12,14,18H,3,13H2,1-2H3. The fourth-order valence-electron chi connectivity index (χ4n) is 2.02. The average Bonchev–Trinajstić information content (AvgIpc) is 2.47. The van der Waals surface area contributed by atoms with Crippen molar-refractivity contribution in [1.29, 1.82) is 0 Å². The minimum atomic E-state index is 0.383. The second-order valence-corrected chi connectivity index (χ2v) is 4.62. The molecule has 100 valence electrons. The van der Waals surface area contributed by atoms with Crippen LogP contribution >= 0.6 is 0 Å². The molecule has 0 fully saturated rings. The lowest BCUT2D eigenvalue weighted by Crippen LogP contribution is -2.17. The average molecular weight is 255 g/mol. The highest BCUT2D eigenvalue weighted by Gasteiger charge is 2.03. The van der Waals surface area contributed by atoms with Crippen molar-refractivity contribution in [3.05, 3.63) is 65.7 Å². The highest BCUT2D eigenvalue weighted by atomic mass is 16.5. The van der Waals surface area contributed by atoms with Gasteiger partial charge >= 0.3 is 0 Å². The van der Waals surface area contributed by atoms with Crippen LogP contribution in [0.5, 0.6) is 5.75 Å². The van der Waals surface area contributed by atoms with E-state index in [0.29, 0.717) is 12.6 Å². The van der Waals surface area contributed by atoms with Gasteiger partial charge in [0.05, 0.1) is 0 Å². The molecule has 1 unspecified atom stereocenters. The molecule has 2 rings (SSSR count). The van der Waals surface area contributed by atoms with Gasteiger partial charge in [-0.25, -0.2) is 0 Å². The zero-order valence-electron chi connectivity index (χ0n) is 11.6. The number of ether oxygens (including phenoxy) is 1. The van der Waals surface area contributed by atoms with E-state index >= 15 is 0 Å². The summed E-state index contributed by atoms with van der Waals surface area (Å²) in [5.74, 6) is 0.913. The molecule has 2 heteroatoms. The first-order valence-electron chi connectivity index (χ1n) is 6.79. The first kappa shape index (κ1) is 13.6. The maximum Gasteiger partial charge on any atom is 0.119 e. The van der Waals surface area contributed by atoms with E-state index in [4.69, 9.17) is 4.74 Å². The lowest BCUT2D eigenvalue weighted by Gasteiger charge is -2.13. The van der Waals surface area contributed by atoms with Crippen LogP contribution in [0.15, 0.2) is 54.6 Å². The van der Waals surface area contributed by atoms with E-state index in [2.05, 4.69) is 43.4 Å². The van der Waals surface area contributed by atoms with E-state index in [1.165, 1.54) is 11.1 Å². The summed E-state index contributed by atoms with van der Waals surface area (Å²) in [5, 5.41) is 3.40. The third kappa shape index (κ3) is 4.11. The first-order valence-corrected chi connectivity index (χ1v) is 6.79. The summed E-state index contributed by atoms with van der Waals surface area (Å²) >= 11 is 0. The predicted octanol–water partition coefficient (Wildman–Crippen LogP) is 3.94. The maximum absolute atomic E-state index is 5.77. The van der Waals surface area contributed by atoms with Crippen LogP contribution in [-0.4, -0.2) is 6.54 Å². The van der Waals surface area contributed by atoms with Crippen molar-refractivity contribution >= 4 is 0 Å². The van der Waals surface area contributed by atoms with Gasteiger partial charge in [0.2, 0.25) is 0 Å². The normalized spacial score (nSPS) is 12.1. The minimum absolute atomic E-state index is 0.383. The molecule has 0 saturated heterocycles. The van der Waals surface area contributed by atoms with Crippen molar-refractivity contribution < 1.29 is 4.74 Å². The van der Waals surface area contributed by atoms with Gasteiger partial charge in [-0.1, -0.05) is 49.4 Å². The summed E-state index contributed by atoms with van der Waals surface area (Å²) in [5.41, 5.74) is 2.47. The zero-order valence-corrected chi connectivity index (χ0v) is 11.6. The summed E-state index contributed by atoms with van der Waals surface area (Å²) in [6, 6.07) is 18.9. The van der Waals surface area contributed by atoms with Crippen molar-refractivity contribution in [3.8, 4) is 5.75 Å². The first-order chi connectivity index (χ1) is 9.29. The largest absolute Gasteiger partial charge is 0.489 e. The van der Waals surface area contributed by atoms with Gasteiger partial charge in [0.1, 0.15) is 12.4 Å². The zero-order chi connectivity index (χ0) is 13.5. The Bertz CT molecular complexity index is 478. The lowest BCUT2D eigenvalue weighted by molar-refractivity contribution is 0.306. The molecule has 1 N–H and O–H groups in total. The van der Waals surface area contributed by atoms with E-state index in [1.54, 1.807) is 0 Å². The lowest BCUT2D eigenvalue weighted by atomic mass is 10.1. The molecule has 0 aliphatic rings. The molecule has 0 aliphatic heterocycles. The number of benzene rings is 2. The van der Waals surface area contributed by atoms with E-state index in [0.717, 1.165) is 12.3 Å². The highest BCUT2D eigenvalue weighted by Crippen LogP contribution is 2.18. The molecular formula is C17H21NO. The number of hydrogen-bond donors (Lipinski definition) is 1. The van der Waals surface area contributed by atoms with Gasteiger partial charge < -0.3 is 10.1 Å². The molecule has 0 heterocycles.